The first-order chi connectivity index (χ1) is 12.7. The van der Waals surface area contributed by atoms with Crippen LogP contribution in [-0.2, 0) is 6.54 Å². The number of hydrogen-bond acceptors (Lipinski definition) is 5. The number of imidazole rings is 1. The Kier molecular flexibility index (Phi) is 3.98. The average molecular weight is 347 g/mol. The first-order valence-corrected chi connectivity index (χ1v) is 8.12. The molecule has 2 heterocycles. The molecule has 0 saturated carbocycles. The lowest BCUT2D eigenvalue weighted by molar-refractivity contribution is 0.413. The maximum atomic E-state index is 12.5. The van der Waals surface area contributed by atoms with Crippen molar-refractivity contribution in [2.75, 3.05) is 7.11 Å². The third-order valence-corrected chi connectivity index (χ3v) is 4.17. The number of methoxy groups -OCH3 is 1. The van der Waals surface area contributed by atoms with E-state index in [0.717, 1.165) is 11.1 Å². The molecule has 0 unspecified atom stereocenters. The number of benzene rings is 2. The number of nitrogens with one attached hydrogen (secondary N) is 1. The Hall–Kier alpha value is -3.45. The van der Waals surface area contributed by atoms with Gasteiger partial charge in [-0.05, 0) is 23.8 Å². The molecule has 2 aromatic heterocycles. The summed E-state index contributed by atoms with van der Waals surface area (Å²) in [4.78, 5) is 24.3. The monoisotopic (exact) mass is 347 g/mol. The average Bonchev–Trinajstić information content (AvgIpc) is 3.02. The van der Waals surface area contributed by atoms with Crippen LogP contribution in [0.1, 0.15) is 5.56 Å². The smallest absolute Gasteiger partial charge is 0.332 e. The molecule has 0 saturated heterocycles. The molecule has 0 aliphatic rings. The fourth-order valence-electron chi connectivity index (χ4n) is 2.91. The Morgan fingerprint density at radius 1 is 1.19 bits per heavy atom. The number of aromatic nitrogens is 4. The van der Waals surface area contributed by atoms with Gasteiger partial charge in [0.1, 0.15) is 11.3 Å². The zero-order chi connectivity index (χ0) is 18.1. The number of rotatable bonds is 4. The number of para-hydroxylation sites is 2. The number of nitrogens with two attached hydrogens (primary N) is 1. The van der Waals surface area contributed by atoms with Crippen molar-refractivity contribution < 1.29 is 4.74 Å². The van der Waals surface area contributed by atoms with Gasteiger partial charge in [-0.15, -0.1) is 0 Å². The van der Waals surface area contributed by atoms with Gasteiger partial charge in [0.15, 0.2) is 11.5 Å². The molecule has 0 fully saturated rings. The van der Waals surface area contributed by atoms with E-state index in [2.05, 4.69) is 15.0 Å². The molecule has 7 nitrogen and oxygen atoms in total. The fourth-order valence-corrected chi connectivity index (χ4v) is 2.91. The summed E-state index contributed by atoms with van der Waals surface area (Å²) in [5.74, 6) is 1.11. The van der Waals surface area contributed by atoms with Crippen molar-refractivity contribution >= 4 is 11.2 Å². The highest BCUT2D eigenvalue weighted by molar-refractivity contribution is 5.75. The Balaban J connectivity index is 1.95. The largest absolute Gasteiger partial charge is 0.495 e. The van der Waals surface area contributed by atoms with E-state index in [0.29, 0.717) is 35.0 Å². The van der Waals surface area contributed by atoms with E-state index in [1.807, 2.05) is 42.5 Å². The molecule has 26 heavy (non-hydrogen) atoms. The van der Waals surface area contributed by atoms with Crippen molar-refractivity contribution in [2.45, 2.75) is 6.54 Å². The second-order valence-corrected chi connectivity index (χ2v) is 5.77. The highest BCUT2D eigenvalue weighted by atomic mass is 16.5. The SMILES string of the molecule is COc1ccccc1-n1c(=O)[nH]c2cnc(-c3cccc(CN)c3)nc21. The molecule has 0 spiro atoms. The maximum Gasteiger partial charge on any atom is 0.332 e. The van der Waals surface area contributed by atoms with Gasteiger partial charge in [-0.3, -0.25) is 0 Å². The topological polar surface area (TPSA) is 98.8 Å². The van der Waals surface area contributed by atoms with Crippen LogP contribution >= 0.6 is 0 Å². The second kappa shape index (κ2) is 6.45. The highest BCUT2D eigenvalue weighted by Crippen LogP contribution is 2.25. The van der Waals surface area contributed by atoms with Gasteiger partial charge in [-0.1, -0.05) is 30.3 Å². The van der Waals surface area contributed by atoms with Gasteiger partial charge in [0.2, 0.25) is 0 Å². The summed E-state index contributed by atoms with van der Waals surface area (Å²) in [5.41, 5.74) is 8.91. The van der Waals surface area contributed by atoms with Gasteiger partial charge in [-0.2, -0.15) is 0 Å². The highest BCUT2D eigenvalue weighted by Gasteiger charge is 2.15. The van der Waals surface area contributed by atoms with E-state index >= 15 is 0 Å². The van der Waals surface area contributed by atoms with E-state index in [-0.39, 0.29) is 5.69 Å². The predicted molar refractivity (Wildman–Crippen MR) is 99.4 cm³/mol. The summed E-state index contributed by atoms with van der Waals surface area (Å²) in [7, 11) is 1.57. The summed E-state index contributed by atoms with van der Waals surface area (Å²) in [6, 6.07) is 15.0. The molecule has 0 bridgehead atoms. The molecule has 4 aromatic rings. The summed E-state index contributed by atoms with van der Waals surface area (Å²) in [6.45, 7) is 0.437. The Morgan fingerprint density at radius 3 is 2.85 bits per heavy atom. The molecule has 2 aromatic carbocycles. The van der Waals surface area contributed by atoms with E-state index in [4.69, 9.17) is 10.5 Å². The van der Waals surface area contributed by atoms with Crippen molar-refractivity contribution in [1.82, 2.24) is 19.5 Å². The van der Waals surface area contributed by atoms with Gasteiger partial charge in [0.25, 0.3) is 0 Å². The van der Waals surface area contributed by atoms with Crippen LogP contribution in [0.2, 0.25) is 0 Å². The van der Waals surface area contributed by atoms with Crippen molar-refractivity contribution in [3.63, 3.8) is 0 Å². The molecular formula is C19H17N5O2. The number of nitrogens with zero attached hydrogens (tertiary/aromatic N) is 3. The van der Waals surface area contributed by atoms with Crippen LogP contribution in [-0.4, -0.2) is 26.6 Å². The molecule has 0 aliphatic carbocycles. The minimum Gasteiger partial charge on any atom is -0.495 e. The van der Waals surface area contributed by atoms with Crippen molar-refractivity contribution in [1.29, 1.82) is 0 Å². The summed E-state index contributed by atoms with van der Waals surface area (Å²) in [5, 5.41) is 0. The molecule has 130 valence electrons. The van der Waals surface area contributed by atoms with E-state index in [1.54, 1.807) is 19.4 Å². The van der Waals surface area contributed by atoms with Crippen LogP contribution in [0.25, 0.3) is 28.2 Å². The van der Waals surface area contributed by atoms with E-state index < -0.39 is 0 Å². The number of ether oxygens (including phenoxy) is 1. The minimum atomic E-state index is -0.299. The molecule has 3 N–H and O–H groups in total. The molecule has 0 aliphatic heterocycles. The van der Waals surface area contributed by atoms with E-state index in [9.17, 15) is 4.79 Å². The molecule has 0 atom stereocenters. The predicted octanol–water partition coefficient (Wildman–Crippen LogP) is 2.24. The third-order valence-electron chi connectivity index (χ3n) is 4.17. The number of aromatic amines is 1. The van der Waals surface area contributed by atoms with Crippen LogP contribution in [0.5, 0.6) is 5.75 Å². The van der Waals surface area contributed by atoms with Gasteiger partial charge in [0, 0.05) is 12.1 Å². The Bertz CT molecular complexity index is 1150. The molecule has 4 rings (SSSR count). The summed E-state index contributed by atoms with van der Waals surface area (Å²) >= 11 is 0. The lowest BCUT2D eigenvalue weighted by Gasteiger charge is -2.09. The van der Waals surface area contributed by atoms with Crippen LogP contribution in [0.4, 0.5) is 0 Å². The zero-order valence-corrected chi connectivity index (χ0v) is 14.1. The van der Waals surface area contributed by atoms with E-state index in [1.165, 1.54) is 4.57 Å². The quantitative estimate of drug-likeness (QED) is 0.590. The van der Waals surface area contributed by atoms with Crippen LogP contribution in [0.3, 0.4) is 0 Å². The van der Waals surface area contributed by atoms with Crippen LogP contribution < -0.4 is 16.2 Å². The maximum absolute atomic E-state index is 12.5. The Labute approximate surface area is 149 Å². The van der Waals surface area contributed by atoms with Gasteiger partial charge >= 0.3 is 5.69 Å². The second-order valence-electron chi connectivity index (χ2n) is 5.77. The van der Waals surface area contributed by atoms with Crippen molar-refractivity contribution in [3.05, 3.63) is 70.8 Å². The fraction of sp³-hybridized carbons (Fsp3) is 0.105. The molecule has 0 radical (unpaired) electrons. The summed E-state index contributed by atoms with van der Waals surface area (Å²) < 4.78 is 6.88. The van der Waals surface area contributed by atoms with Crippen LogP contribution in [0.15, 0.2) is 59.5 Å². The third kappa shape index (κ3) is 2.64. The van der Waals surface area contributed by atoms with Gasteiger partial charge < -0.3 is 15.5 Å². The van der Waals surface area contributed by atoms with Crippen molar-refractivity contribution in [3.8, 4) is 22.8 Å². The lowest BCUT2D eigenvalue weighted by atomic mass is 10.1. The van der Waals surface area contributed by atoms with Crippen LogP contribution in [0, 0.1) is 0 Å². The first-order valence-electron chi connectivity index (χ1n) is 8.12. The van der Waals surface area contributed by atoms with Crippen molar-refractivity contribution in [2.24, 2.45) is 5.73 Å². The number of H-pyrrole nitrogens is 1. The normalized spacial score (nSPS) is 11.0. The molecule has 0 amide bonds. The Morgan fingerprint density at radius 2 is 2.04 bits per heavy atom. The zero-order valence-electron chi connectivity index (χ0n) is 14.1. The molecular weight excluding hydrogens is 330 g/mol. The molecule has 7 heteroatoms. The first kappa shape index (κ1) is 16.0. The number of fused-ring (bicyclic) bond motifs is 1. The van der Waals surface area contributed by atoms with Gasteiger partial charge in [-0.25, -0.2) is 19.3 Å². The summed E-state index contributed by atoms with van der Waals surface area (Å²) in [6.07, 6.45) is 1.61. The lowest BCUT2D eigenvalue weighted by Crippen LogP contribution is -2.15. The minimum absolute atomic E-state index is 0.299. The van der Waals surface area contributed by atoms with Gasteiger partial charge in [0.05, 0.1) is 19.0 Å². The number of hydrogen-bond donors (Lipinski definition) is 2. The standard InChI is InChI=1S/C19H17N5O2/c1-26-16-8-3-2-7-15(16)24-18-14(22-19(24)25)11-21-17(23-18)13-6-4-5-12(9-13)10-20/h2-9,11H,10,20H2,1H3,(H,22,25).